The maximum absolute atomic E-state index is 12.3. The van der Waals surface area contributed by atoms with Crippen molar-refractivity contribution >= 4 is 17.8 Å². The standard InChI is InChI=1S/C26H41NO10/c1-26(2,3)37-23(28)20-36-19-18-35-17-16-34-15-14-33-13-12-32-11-10-31-9-8-27-24(29)21-6-4-5-7-22(21)25(27)30/h4,6H,5,7-20H2,1-3H3. The molecule has 1 aliphatic heterocycles. The zero-order chi connectivity index (χ0) is 26.9. The number of esters is 1. The predicted molar refractivity (Wildman–Crippen MR) is 133 cm³/mol. The Hall–Kier alpha value is -2.15. The van der Waals surface area contributed by atoms with E-state index in [1.165, 1.54) is 4.90 Å². The number of amides is 2. The maximum Gasteiger partial charge on any atom is 0.332 e. The molecule has 0 fully saturated rings. The zero-order valence-corrected chi connectivity index (χ0v) is 22.3. The Labute approximate surface area is 219 Å². The largest absolute Gasteiger partial charge is 0.458 e. The summed E-state index contributed by atoms with van der Waals surface area (Å²) in [5, 5.41) is 0. The lowest BCUT2D eigenvalue weighted by Crippen LogP contribution is -2.34. The first-order valence-electron chi connectivity index (χ1n) is 12.7. The van der Waals surface area contributed by atoms with Crippen molar-refractivity contribution in [2.45, 2.75) is 39.2 Å². The summed E-state index contributed by atoms with van der Waals surface area (Å²) in [6.45, 7) is 9.94. The molecular formula is C26H41NO10. The van der Waals surface area contributed by atoms with Gasteiger partial charge in [0, 0.05) is 11.1 Å². The summed E-state index contributed by atoms with van der Waals surface area (Å²) in [6.07, 6.45) is 5.08. The average molecular weight is 528 g/mol. The molecule has 0 aromatic heterocycles. The van der Waals surface area contributed by atoms with Crippen LogP contribution in [-0.2, 0) is 47.5 Å². The van der Waals surface area contributed by atoms with E-state index >= 15 is 0 Å². The topological polar surface area (TPSA) is 119 Å². The Balaban J connectivity index is 1.28. The molecule has 0 saturated heterocycles. The second kappa shape index (κ2) is 17.4. The van der Waals surface area contributed by atoms with E-state index in [0.717, 1.165) is 6.42 Å². The van der Waals surface area contributed by atoms with Crippen molar-refractivity contribution in [3.05, 3.63) is 23.3 Å². The number of allylic oxidation sites excluding steroid dienone is 1. The highest BCUT2D eigenvalue weighted by Crippen LogP contribution is 2.28. The van der Waals surface area contributed by atoms with Crippen molar-refractivity contribution in [3.8, 4) is 0 Å². The molecule has 2 amide bonds. The molecule has 2 rings (SSSR count). The van der Waals surface area contributed by atoms with Crippen molar-refractivity contribution in [1.82, 2.24) is 4.90 Å². The van der Waals surface area contributed by atoms with Crippen molar-refractivity contribution in [2.24, 2.45) is 0 Å². The molecule has 1 heterocycles. The van der Waals surface area contributed by atoms with Crippen LogP contribution in [0.5, 0.6) is 0 Å². The minimum atomic E-state index is -0.516. The van der Waals surface area contributed by atoms with Crippen molar-refractivity contribution < 1.29 is 47.5 Å². The van der Waals surface area contributed by atoms with Crippen molar-refractivity contribution in [3.63, 3.8) is 0 Å². The van der Waals surface area contributed by atoms with Gasteiger partial charge in [-0.25, -0.2) is 4.79 Å². The fourth-order valence-corrected chi connectivity index (χ4v) is 3.47. The number of carbonyl (C=O) groups is 3. The van der Waals surface area contributed by atoms with Crippen LogP contribution in [0.15, 0.2) is 23.3 Å². The van der Waals surface area contributed by atoms with Gasteiger partial charge >= 0.3 is 5.97 Å². The van der Waals surface area contributed by atoms with Crippen molar-refractivity contribution in [2.75, 3.05) is 85.8 Å². The third kappa shape index (κ3) is 12.8. The number of rotatable bonds is 20. The van der Waals surface area contributed by atoms with Crippen LogP contribution in [0.4, 0.5) is 0 Å². The monoisotopic (exact) mass is 527 g/mol. The van der Waals surface area contributed by atoms with Gasteiger partial charge in [0.05, 0.1) is 79.2 Å². The number of hydrogen-bond acceptors (Lipinski definition) is 10. The van der Waals surface area contributed by atoms with Gasteiger partial charge in [0.2, 0.25) is 0 Å². The summed E-state index contributed by atoms with van der Waals surface area (Å²) in [4.78, 5) is 37.3. The molecule has 0 spiro atoms. The van der Waals surface area contributed by atoms with Crippen LogP contribution in [0.3, 0.4) is 0 Å². The van der Waals surface area contributed by atoms with E-state index in [9.17, 15) is 14.4 Å². The van der Waals surface area contributed by atoms with Crippen LogP contribution in [0.1, 0.15) is 33.6 Å². The molecule has 0 aromatic carbocycles. The van der Waals surface area contributed by atoms with Gasteiger partial charge in [0.15, 0.2) is 0 Å². The number of imide groups is 1. The van der Waals surface area contributed by atoms with Gasteiger partial charge in [-0.1, -0.05) is 12.2 Å². The minimum absolute atomic E-state index is 0.0915. The van der Waals surface area contributed by atoms with Gasteiger partial charge < -0.3 is 33.2 Å². The lowest BCUT2D eigenvalue weighted by molar-refractivity contribution is -0.160. The normalized spacial score (nSPS) is 15.6. The summed E-state index contributed by atoms with van der Waals surface area (Å²) in [5.74, 6) is -0.820. The van der Waals surface area contributed by atoms with Crippen LogP contribution >= 0.6 is 0 Å². The second-order valence-corrected chi connectivity index (χ2v) is 9.30. The highest BCUT2D eigenvalue weighted by atomic mass is 16.6. The first kappa shape index (κ1) is 31.1. The van der Waals surface area contributed by atoms with Crippen LogP contribution in [0.25, 0.3) is 0 Å². The van der Waals surface area contributed by atoms with Crippen LogP contribution in [-0.4, -0.2) is 114 Å². The first-order chi connectivity index (χ1) is 17.8. The van der Waals surface area contributed by atoms with E-state index in [0.29, 0.717) is 83.6 Å². The predicted octanol–water partition coefficient (Wildman–Crippen LogP) is 1.44. The van der Waals surface area contributed by atoms with Gasteiger partial charge in [0.1, 0.15) is 12.2 Å². The molecule has 11 heteroatoms. The number of carbonyl (C=O) groups excluding carboxylic acids is 3. The Kier molecular flexibility index (Phi) is 14.6. The summed E-state index contributed by atoms with van der Waals surface area (Å²) in [5.41, 5.74) is 0.628. The summed E-state index contributed by atoms with van der Waals surface area (Å²) in [7, 11) is 0. The maximum atomic E-state index is 12.3. The molecule has 0 bridgehead atoms. The summed E-state index contributed by atoms with van der Waals surface area (Å²) in [6, 6.07) is 0. The third-order valence-electron chi connectivity index (χ3n) is 5.11. The van der Waals surface area contributed by atoms with E-state index in [2.05, 4.69) is 0 Å². The summed E-state index contributed by atoms with van der Waals surface area (Å²) < 4.78 is 37.4. The Morgan fingerprint density at radius 3 is 1.73 bits per heavy atom. The van der Waals surface area contributed by atoms with E-state index in [4.69, 9.17) is 33.2 Å². The van der Waals surface area contributed by atoms with E-state index in [1.54, 1.807) is 26.8 Å². The fourth-order valence-electron chi connectivity index (χ4n) is 3.47. The molecule has 2 aliphatic rings. The molecule has 37 heavy (non-hydrogen) atoms. The summed E-state index contributed by atoms with van der Waals surface area (Å²) >= 11 is 0. The molecule has 0 N–H and O–H groups in total. The molecule has 11 nitrogen and oxygen atoms in total. The highest BCUT2D eigenvalue weighted by Gasteiger charge is 2.36. The fraction of sp³-hybridized carbons (Fsp3) is 0.731. The van der Waals surface area contributed by atoms with Crippen LogP contribution in [0.2, 0.25) is 0 Å². The van der Waals surface area contributed by atoms with Gasteiger partial charge in [0.25, 0.3) is 11.8 Å². The zero-order valence-electron chi connectivity index (χ0n) is 22.3. The Morgan fingerprint density at radius 2 is 1.24 bits per heavy atom. The van der Waals surface area contributed by atoms with Gasteiger partial charge in [-0.3, -0.25) is 14.5 Å². The smallest absolute Gasteiger partial charge is 0.332 e. The number of hydrogen-bond donors (Lipinski definition) is 0. The molecule has 0 aromatic rings. The number of nitrogens with zero attached hydrogens (tertiary/aromatic N) is 1. The van der Waals surface area contributed by atoms with Gasteiger partial charge in [-0.05, 0) is 33.6 Å². The highest BCUT2D eigenvalue weighted by molar-refractivity contribution is 6.20. The molecule has 0 saturated carbocycles. The Bertz CT molecular complexity index is 787. The molecule has 0 radical (unpaired) electrons. The minimum Gasteiger partial charge on any atom is -0.458 e. The Morgan fingerprint density at radius 1 is 0.757 bits per heavy atom. The van der Waals surface area contributed by atoms with Gasteiger partial charge in [-0.15, -0.1) is 0 Å². The third-order valence-corrected chi connectivity index (χ3v) is 5.11. The van der Waals surface area contributed by atoms with E-state index < -0.39 is 11.6 Å². The van der Waals surface area contributed by atoms with E-state index in [-0.39, 0.29) is 31.6 Å². The molecule has 210 valence electrons. The van der Waals surface area contributed by atoms with Gasteiger partial charge in [-0.2, -0.15) is 0 Å². The SMILES string of the molecule is CC(C)(C)OC(=O)COCCOCCOCCOCCOCCOCCN1C(=O)C2=C(CCC=C2)C1=O. The molecule has 0 unspecified atom stereocenters. The molecule has 0 atom stereocenters. The van der Waals surface area contributed by atoms with Crippen LogP contribution < -0.4 is 0 Å². The van der Waals surface area contributed by atoms with E-state index in [1.807, 2.05) is 6.08 Å². The first-order valence-corrected chi connectivity index (χ1v) is 12.7. The molecular weight excluding hydrogens is 486 g/mol. The lowest BCUT2D eigenvalue weighted by atomic mass is 10.00. The lowest BCUT2D eigenvalue weighted by Gasteiger charge is -2.19. The molecule has 1 aliphatic carbocycles. The average Bonchev–Trinajstić information content (AvgIpc) is 3.09. The quantitative estimate of drug-likeness (QED) is 0.131. The van der Waals surface area contributed by atoms with Crippen LogP contribution in [0, 0.1) is 0 Å². The second-order valence-electron chi connectivity index (χ2n) is 9.30. The number of ether oxygens (including phenoxy) is 7. The van der Waals surface area contributed by atoms with Crippen molar-refractivity contribution in [1.29, 1.82) is 0 Å².